The molecule has 0 saturated carbocycles. The molecular formula is C19H22N2O5. The minimum absolute atomic E-state index is 0.0489. The fraction of sp³-hybridized carbons (Fsp3) is 0.526. The quantitative estimate of drug-likeness (QED) is 0.764. The van der Waals surface area contributed by atoms with Crippen LogP contribution in [0.25, 0.3) is 0 Å². The molecule has 2 saturated heterocycles. The molecule has 0 aromatic heterocycles. The molecule has 2 fully saturated rings. The van der Waals surface area contributed by atoms with Crippen molar-refractivity contribution in [2.45, 2.75) is 31.5 Å². The fourth-order valence-corrected chi connectivity index (χ4v) is 3.81. The van der Waals surface area contributed by atoms with Crippen LogP contribution in [0, 0.1) is 0 Å². The third-order valence-corrected chi connectivity index (χ3v) is 5.32. The van der Waals surface area contributed by atoms with Gasteiger partial charge in [0.05, 0.1) is 24.3 Å². The number of imide groups is 1. The van der Waals surface area contributed by atoms with E-state index in [9.17, 15) is 14.4 Å². The molecule has 0 atom stereocenters. The number of rotatable bonds is 3. The van der Waals surface area contributed by atoms with Crippen LogP contribution >= 0.6 is 0 Å². The Kier molecular flexibility index (Phi) is 4.50. The smallest absolute Gasteiger partial charge is 0.261 e. The number of carbonyl (C=O) groups excluding carboxylic acids is 3. The lowest BCUT2D eigenvalue weighted by Gasteiger charge is -2.43. The summed E-state index contributed by atoms with van der Waals surface area (Å²) in [5, 5.41) is 0. The molecule has 1 spiro atoms. The van der Waals surface area contributed by atoms with E-state index in [1.54, 1.807) is 29.2 Å². The molecule has 7 heteroatoms. The number of ether oxygens (including phenoxy) is 2. The molecule has 0 N–H and O–H groups in total. The first-order chi connectivity index (χ1) is 12.6. The maximum absolute atomic E-state index is 12.5. The van der Waals surface area contributed by atoms with Crippen LogP contribution in [-0.2, 0) is 14.3 Å². The molecule has 0 bridgehead atoms. The standard InChI is InChI=1S/C19H22N2O5/c22-16(20-10-7-19(8-11-20)25-12-3-13-26-19)6-9-21-17(23)14-4-1-2-5-15(14)18(21)24/h1-2,4-5H,3,6-13H2. The Morgan fingerprint density at radius 1 is 1.00 bits per heavy atom. The largest absolute Gasteiger partial charge is 0.350 e. The molecule has 3 aliphatic rings. The van der Waals surface area contributed by atoms with Crippen LogP contribution in [0.2, 0.25) is 0 Å². The zero-order chi connectivity index (χ0) is 18.1. The van der Waals surface area contributed by atoms with Gasteiger partial charge in [0, 0.05) is 38.9 Å². The molecule has 138 valence electrons. The Balaban J connectivity index is 1.31. The zero-order valence-electron chi connectivity index (χ0n) is 14.6. The monoisotopic (exact) mass is 358 g/mol. The van der Waals surface area contributed by atoms with E-state index in [-0.39, 0.29) is 30.7 Å². The van der Waals surface area contributed by atoms with Crippen LogP contribution in [0.4, 0.5) is 0 Å². The first-order valence-corrected chi connectivity index (χ1v) is 9.11. The van der Waals surface area contributed by atoms with Gasteiger partial charge in [0.15, 0.2) is 5.79 Å². The van der Waals surface area contributed by atoms with E-state index >= 15 is 0 Å². The van der Waals surface area contributed by atoms with Crippen LogP contribution in [-0.4, -0.2) is 66.2 Å². The molecule has 7 nitrogen and oxygen atoms in total. The minimum atomic E-state index is -0.530. The van der Waals surface area contributed by atoms with Crippen LogP contribution in [0.15, 0.2) is 24.3 Å². The van der Waals surface area contributed by atoms with Crippen LogP contribution in [0.3, 0.4) is 0 Å². The van der Waals surface area contributed by atoms with Crippen molar-refractivity contribution in [1.29, 1.82) is 0 Å². The Hall–Kier alpha value is -2.25. The minimum Gasteiger partial charge on any atom is -0.350 e. The number of piperidine rings is 1. The Morgan fingerprint density at radius 2 is 1.58 bits per heavy atom. The molecule has 1 aromatic carbocycles. The van der Waals surface area contributed by atoms with E-state index < -0.39 is 5.79 Å². The molecule has 0 aliphatic carbocycles. The van der Waals surface area contributed by atoms with Crippen molar-refractivity contribution < 1.29 is 23.9 Å². The van der Waals surface area contributed by atoms with Gasteiger partial charge >= 0.3 is 0 Å². The number of hydrogen-bond donors (Lipinski definition) is 0. The molecule has 3 heterocycles. The topological polar surface area (TPSA) is 76.2 Å². The van der Waals surface area contributed by atoms with Crippen molar-refractivity contribution >= 4 is 17.7 Å². The number of hydrogen-bond acceptors (Lipinski definition) is 5. The lowest BCUT2D eigenvalue weighted by Crippen LogP contribution is -2.51. The summed E-state index contributed by atoms with van der Waals surface area (Å²) in [7, 11) is 0. The number of likely N-dealkylation sites (tertiary alicyclic amines) is 1. The maximum Gasteiger partial charge on any atom is 0.261 e. The van der Waals surface area contributed by atoms with Gasteiger partial charge in [-0.05, 0) is 18.6 Å². The van der Waals surface area contributed by atoms with Crippen LogP contribution < -0.4 is 0 Å². The van der Waals surface area contributed by atoms with Crippen molar-refractivity contribution in [3.05, 3.63) is 35.4 Å². The summed E-state index contributed by atoms with van der Waals surface area (Å²) >= 11 is 0. The summed E-state index contributed by atoms with van der Waals surface area (Å²) in [4.78, 5) is 40.1. The predicted octanol–water partition coefficient (Wildman–Crippen LogP) is 1.43. The second kappa shape index (κ2) is 6.81. The van der Waals surface area contributed by atoms with Gasteiger partial charge in [-0.2, -0.15) is 0 Å². The van der Waals surface area contributed by atoms with Gasteiger partial charge in [-0.25, -0.2) is 0 Å². The normalized spacial score (nSPS) is 22.0. The number of nitrogens with zero attached hydrogens (tertiary/aromatic N) is 2. The molecular weight excluding hydrogens is 336 g/mol. The average Bonchev–Trinajstić information content (AvgIpc) is 2.92. The van der Waals surface area contributed by atoms with Gasteiger partial charge < -0.3 is 14.4 Å². The van der Waals surface area contributed by atoms with E-state index in [0.717, 1.165) is 6.42 Å². The highest BCUT2D eigenvalue weighted by Crippen LogP contribution is 2.31. The summed E-state index contributed by atoms with van der Waals surface area (Å²) < 4.78 is 11.6. The van der Waals surface area contributed by atoms with Crippen LogP contribution in [0.5, 0.6) is 0 Å². The Morgan fingerprint density at radius 3 is 2.15 bits per heavy atom. The molecule has 0 radical (unpaired) electrons. The molecule has 4 rings (SSSR count). The van der Waals surface area contributed by atoms with Gasteiger partial charge in [-0.3, -0.25) is 19.3 Å². The molecule has 1 aromatic rings. The fourth-order valence-electron chi connectivity index (χ4n) is 3.81. The summed E-state index contributed by atoms with van der Waals surface area (Å²) in [5.74, 6) is -1.22. The summed E-state index contributed by atoms with van der Waals surface area (Å²) in [6, 6.07) is 6.76. The highest BCUT2D eigenvalue weighted by atomic mass is 16.7. The van der Waals surface area contributed by atoms with Gasteiger partial charge in [-0.1, -0.05) is 12.1 Å². The van der Waals surface area contributed by atoms with Crippen LogP contribution in [0.1, 0.15) is 46.4 Å². The van der Waals surface area contributed by atoms with Crippen molar-refractivity contribution in [1.82, 2.24) is 9.80 Å². The van der Waals surface area contributed by atoms with Gasteiger partial charge in [0.25, 0.3) is 11.8 Å². The van der Waals surface area contributed by atoms with E-state index in [1.165, 1.54) is 4.90 Å². The number of carbonyl (C=O) groups is 3. The van der Waals surface area contributed by atoms with E-state index in [2.05, 4.69) is 0 Å². The number of benzene rings is 1. The van der Waals surface area contributed by atoms with E-state index in [1.807, 2.05) is 0 Å². The van der Waals surface area contributed by atoms with Crippen molar-refractivity contribution in [3.63, 3.8) is 0 Å². The van der Waals surface area contributed by atoms with Gasteiger partial charge in [0.2, 0.25) is 5.91 Å². The average molecular weight is 358 g/mol. The first kappa shape index (κ1) is 17.2. The van der Waals surface area contributed by atoms with E-state index in [0.29, 0.717) is 50.3 Å². The SMILES string of the molecule is O=C(CCN1C(=O)c2ccccc2C1=O)N1CCC2(CC1)OCCCO2. The molecule has 3 amide bonds. The lowest BCUT2D eigenvalue weighted by atomic mass is 10.0. The molecule has 3 aliphatic heterocycles. The van der Waals surface area contributed by atoms with Crippen molar-refractivity contribution in [3.8, 4) is 0 Å². The second-order valence-electron chi connectivity index (χ2n) is 6.90. The van der Waals surface area contributed by atoms with Gasteiger partial charge in [-0.15, -0.1) is 0 Å². The Bertz CT molecular complexity index is 696. The summed E-state index contributed by atoms with van der Waals surface area (Å²) in [6.45, 7) is 2.66. The maximum atomic E-state index is 12.5. The zero-order valence-corrected chi connectivity index (χ0v) is 14.6. The Labute approximate surface area is 151 Å². The first-order valence-electron chi connectivity index (χ1n) is 9.11. The molecule has 0 unspecified atom stereocenters. The summed E-state index contributed by atoms with van der Waals surface area (Å²) in [5.41, 5.74) is 0.827. The molecule has 26 heavy (non-hydrogen) atoms. The lowest BCUT2D eigenvalue weighted by molar-refractivity contribution is -0.282. The highest BCUT2D eigenvalue weighted by molar-refractivity contribution is 6.21. The third kappa shape index (κ3) is 3.01. The third-order valence-electron chi connectivity index (χ3n) is 5.32. The summed E-state index contributed by atoms with van der Waals surface area (Å²) in [6.07, 6.45) is 2.36. The van der Waals surface area contributed by atoms with Gasteiger partial charge in [0.1, 0.15) is 0 Å². The van der Waals surface area contributed by atoms with Crippen molar-refractivity contribution in [2.24, 2.45) is 0 Å². The predicted molar refractivity (Wildman–Crippen MR) is 91.5 cm³/mol. The second-order valence-corrected chi connectivity index (χ2v) is 6.90. The van der Waals surface area contributed by atoms with E-state index in [4.69, 9.17) is 9.47 Å². The number of fused-ring (bicyclic) bond motifs is 1. The highest BCUT2D eigenvalue weighted by Gasteiger charge is 2.40. The van der Waals surface area contributed by atoms with Crippen molar-refractivity contribution in [2.75, 3.05) is 32.8 Å². The number of amides is 3.